The van der Waals surface area contributed by atoms with Gasteiger partial charge >= 0.3 is 0 Å². The lowest BCUT2D eigenvalue weighted by molar-refractivity contribution is 0.391. The zero-order chi connectivity index (χ0) is 11.3. The monoisotopic (exact) mass is 337 g/mol. The van der Waals surface area contributed by atoms with Crippen molar-refractivity contribution in [3.8, 4) is 11.5 Å². The number of nitrogens with zero attached hydrogens (tertiary/aromatic N) is 1. The molecular weight excluding hydrogens is 321 g/mol. The number of hydrogen-bond acceptors (Lipinski definition) is 3. The smallest absolute Gasteiger partial charge is 0.186 e. The zero-order valence-electron chi connectivity index (χ0n) is 9.27. The first kappa shape index (κ1) is 14.8. The molecule has 0 fully saturated rings. The third-order valence-corrected chi connectivity index (χ3v) is 1.93. The van der Waals surface area contributed by atoms with Gasteiger partial charge in [0.05, 0.1) is 20.8 Å². The number of methoxy groups -OCH3 is 2. The van der Waals surface area contributed by atoms with E-state index in [1.54, 1.807) is 20.3 Å². The average molecular weight is 337 g/mol. The minimum Gasteiger partial charge on any atom is -0.497 e. The number of aliphatic imine (C=N–C) groups is 1. The molecule has 0 bridgehead atoms. The van der Waals surface area contributed by atoms with Crippen molar-refractivity contribution in [2.45, 2.75) is 6.54 Å². The van der Waals surface area contributed by atoms with Crippen LogP contribution in [0.25, 0.3) is 0 Å². The van der Waals surface area contributed by atoms with E-state index in [0.717, 1.165) is 11.3 Å². The fraction of sp³-hybridized carbons (Fsp3) is 0.300. The fourth-order valence-corrected chi connectivity index (χ4v) is 1.16. The highest BCUT2D eigenvalue weighted by atomic mass is 127. The van der Waals surface area contributed by atoms with E-state index in [1.807, 2.05) is 12.1 Å². The second-order valence-corrected chi connectivity index (χ2v) is 2.92. The molecule has 0 atom stereocenters. The van der Waals surface area contributed by atoms with Gasteiger partial charge in [-0.15, -0.1) is 24.0 Å². The van der Waals surface area contributed by atoms with Crippen LogP contribution < -0.4 is 20.9 Å². The first-order valence-corrected chi connectivity index (χ1v) is 4.43. The summed E-state index contributed by atoms with van der Waals surface area (Å²) in [5, 5.41) is 0. The van der Waals surface area contributed by atoms with E-state index in [-0.39, 0.29) is 29.9 Å². The van der Waals surface area contributed by atoms with E-state index >= 15 is 0 Å². The van der Waals surface area contributed by atoms with E-state index in [4.69, 9.17) is 20.9 Å². The Kier molecular flexibility index (Phi) is 6.63. The first-order valence-electron chi connectivity index (χ1n) is 4.43. The molecule has 16 heavy (non-hydrogen) atoms. The van der Waals surface area contributed by atoms with Crippen molar-refractivity contribution in [1.82, 2.24) is 0 Å². The molecule has 90 valence electrons. The fourth-order valence-electron chi connectivity index (χ4n) is 1.16. The Morgan fingerprint density at radius 2 is 1.94 bits per heavy atom. The standard InChI is InChI=1S/C10H15N3O2.HI/c1-14-8-4-3-7(6-13-10(11)12)9(5-8)15-2;/h3-5H,6H2,1-2H3,(H4,11,12,13);1H. The third kappa shape index (κ3) is 4.13. The second-order valence-electron chi connectivity index (χ2n) is 2.92. The van der Waals surface area contributed by atoms with Crippen molar-refractivity contribution < 1.29 is 9.47 Å². The summed E-state index contributed by atoms with van der Waals surface area (Å²) in [7, 11) is 3.19. The molecule has 0 radical (unpaired) electrons. The number of ether oxygens (including phenoxy) is 2. The number of benzene rings is 1. The highest BCUT2D eigenvalue weighted by Gasteiger charge is 2.03. The molecule has 0 spiro atoms. The molecule has 4 N–H and O–H groups in total. The van der Waals surface area contributed by atoms with Gasteiger partial charge in [-0.3, -0.25) is 0 Å². The summed E-state index contributed by atoms with van der Waals surface area (Å²) in [4.78, 5) is 3.91. The molecular formula is C10H16IN3O2. The second kappa shape index (κ2) is 7.15. The molecule has 0 aliphatic carbocycles. The van der Waals surface area contributed by atoms with Gasteiger partial charge in [0.1, 0.15) is 11.5 Å². The van der Waals surface area contributed by atoms with Crippen LogP contribution in [0.2, 0.25) is 0 Å². The number of guanidine groups is 1. The predicted octanol–water partition coefficient (Wildman–Crippen LogP) is 1.10. The summed E-state index contributed by atoms with van der Waals surface area (Å²) < 4.78 is 10.3. The van der Waals surface area contributed by atoms with Crippen LogP contribution in [0.4, 0.5) is 0 Å². The highest BCUT2D eigenvalue weighted by molar-refractivity contribution is 14.0. The molecule has 0 aromatic heterocycles. The molecule has 0 aliphatic rings. The lowest BCUT2D eigenvalue weighted by atomic mass is 10.2. The normalized spacial score (nSPS) is 8.88. The van der Waals surface area contributed by atoms with Crippen LogP contribution in [0, 0.1) is 0 Å². The van der Waals surface area contributed by atoms with E-state index in [9.17, 15) is 0 Å². The van der Waals surface area contributed by atoms with Gasteiger partial charge in [-0.2, -0.15) is 0 Å². The van der Waals surface area contributed by atoms with Crippen molar-refractivity contribution in [2.24, 2.45) is 16.5 Å². The van der Waals surface area contributed by atoms with Crippen molar-refractivity contribution in [3.05, 3.63) is 23.8 Å². The summed E-state index contributed by atoms with van der Waals surface area (Å²) in [5.74, 6) is 1.51. The SMILES string of the molecule is COc1ccc(CN=C(N)N)c(OC)c1.I. The van der Waals surface area contributed by atoms with Gasteiger partial charge in [0.25, 0.3) is 0 Å². The van der Waals surface area contributed by atoms with Crippen LogP contribution in [0.15, 0.2) is 23.2 Å². The van der Waals surface area contributed by atoms with Crippen LogP contribution in [0.5, 0.6) is 11.5 Å². The predicted molar refractivity (Wildman–Crippen MR) is 74.5 cm³/mol. The molecule has 0 saturated heterocycles. The van der Waals surface area contributed by atoms with Crippen LogP contribution in [-0.2, 0) is 6.54 Å². The summed E-state index contributed by atoms with van der Waals surface area (Å²) in [6.07, 6.45) is 0. The van der Waals surface area contributed by atoms with Crippen molar-refractivity contribution >= 4 is 29.9 Å². The number of nitrogens with two attached hydrogens (primary N) is 2. The Bertz CT molecular complexity index is 365. The van der Waals surface area contributed by atoms with Crippen LogP contribution in [0.3, 0.4) is 0 Å². The number of hydrogen-bond donors (Lipinski definition) is 2. The Morgan fingerprint density at radius 3 is 2.44 bits per heavy atom. The van der Waals surface area contributed by atoms with Gasteiger partial charge in [0.2, 0.25) is 0 Å². The van der Waals surface area contributed by atoms with Gasteiger partial charge < -0.3 is 20.9 Å². The minimum atomic E-state index is 0. The molecule has 0 amide bonds. The maximum Gasteiger partial charge on any atom is 0.186 e. The quantitative estimate of drug-likeness (QED) is 0.490. The Labute approximate surface area is 112 Å². The van der Waals surface area contributed by atoms with E-state index in [1.165, 1.54) is 0 Å². The lowest BCUT2D eigenvalue weighted by Gasteiger charge is -2.08. The van der Waals surface area contributed by atoms with Gasteiger partial charge in [-0.25, -0.2) is 4.99 Å². The summed E-state index contributed by atoms with van der Waals surface area (Å²) in [6, 6.07) is 5.49. The summed E-state index contributed by atoms with van der Waals surface area (Å²) in [5.41, 5.74) is 11.4. The van der Waals surface area contributed by atoms with Crippen molar-refractivity contribution in [2.75, 3.05) is 14.2 Å². The van der Waals surface area contributed by atoms with Gasteiger partial charge in [0.15, 0.2) is 5.96 Å². The Morgan fingerprint density at radius 1 is 1.25 bits per heavy atom. The third-order valence-electron chi connectivity index (χ3n) is 1.93. The molecule has 0 saturated carbocycles. The van der Waals surface area contributed by atoms with Gasteiger partial charge in [-0.05, 0) is 12.1 Å². The topological polar surface area (TPSA) is 82.9 Å². The number of halogens is 1. The molecule has 1 aromatic carbocycles. The van der Waals surface area contributed by atoms with Crippen LogP contribution in [-0.4, -0.2) is 20.2 Å². The summed E-state index contributed by atoms with van der Waals surface area (Å²) in [6.45, 7) is 0.398. The lowest BCUT2D eigenvalue weighted by Crippen LogP contribution is -2.22. The summed E-state index contributed by atoms with van der Waals surface area (Å²) >= 11 is 0. The van der Waals surface area contributed by atoms with Crippen LogP contribution in [0.1, 0.15) is 5.56 Å². The average Bonchev–Trinajstić information content (AvgIpc) is 2.25. The largest absolute Gasteiger partial charge is 0.497 e. The molecule has 5 nitrogen and oxygen atoms in total. The molecule has 0 aliphatic heterocycles. The van der Waals surface area contributed by atoms with E-state index in [0.29, 0.717) is 12.3 Å². The Balaban J connectivity index is 0.00000225. The van der Waals surface area contributed by atoms with E-state index in [2.05, 4.69) is 4.99 Å². The Hall–Kier alpha value is -1.18. The minimum absolute atomic E-state index is 0. The van der Waals surface area contributed by atoms with Gasteiger partial charge in [-0.1, -0.05) is 0 Å². The maximum absolute atomic E-state index is 5.25. The van der Waals surface area contributed by atoms with E-state index < -0.39 is 0 Å². The molecule has 0 heterocycles. The van der Waals surface area contributed by atoms with Crippen molar-refractivity contribution in [1.29, 1.82) is 0 Å². The maximum atomic E-state index is 5.25. The molecule has 1 aromatic rings. The first-order chi connectivity index (χ1) is 7.17. The molecule has 1 rings (SSSR count). The van der Waals surface area contributed by atoms with Gasteiger partial charge in [0, 0.05) is 11.6 Å². The highest BCUT2D eigenvalue weighted by Crippen LogP contribution is 2.24. The molecule has 6 heteroatoms. The molecule has 0 unspecified atom stereocenters. The van der Waals surface area contributed by atoms with Crippen molar-refractivity contribution in [3.63, 3.8) is 0 Å². The van der Waals surface area contributed by atoms with Crippen LogP contribution >= 0.6 is 24.0 Å². The number of rotatable bonds is 4. The zero-order valence-corrected chi connectivity index (χ0v) is 11.6.